The van der Waals surface area contributed by atoms with E-state index in [4.69, 9.17) is 4.74 Å². The van der Waals surface area contributed by atoms with Gasteiger partial charge in [-0.15, -0.1) is 0 Å². The molecule has 0 aromatic heterocycles. The molecule has 54 valence electrons. The summed E-state index contributed by atoms with van der Waals surface area (Å²) < 4.78 is 17.6. The summed E-state index contributed by atoms with van der Waals surface area (Å²) in [6.45, 7) is 2.31. The first kappa shape index (κ1) is 7.00. The maximum Gasteiger partial charge on any atom is 0.123 e. The molecule has 0 spiro atoms. The third kappa shape index (κ3) is 1.94. The van der Waals surface area contributed by atoms with Crippen molar-refractivity contribution in [1.29, 1.82) is 0 Å². The lowest BCUT2D eigenvalue weighted by atomic mass is 10.1. The second-order valence-corrected chi connectivity index (χ2v) is 2.58. The van der Waals surface area contributed by atoms with Crippen LogP contribution in [0.1, 0.15) is 26.2 Å². The third-order valence-electron chi connectivity index (χ3n) is 1.73. The van der Waals surface area contributed by atoms with Crippen LogP contribution in [0.5, 0.6) is 0 Å². The smallest absolute Gasteiger partial charge is 0.123 e. The van der Waals surface area contributed by atoms with Crippen molar-refractivity contribution >= 4 is 0 Å². The molecule has 2 heteroatoms. The molecule has 0 amide bonds. The summed E-state index contributed by atoms with van der Waals surface area (Å²) >= 11 is 0. The van der Waals surface area contributed by atoms with Crippen molar-refractivity contribution in [2.45, 2.75) is 38.5 Å². The van der Waals surface area contributed by atoms with E-state index >= 15 is 0 Å². The lowest BCUT2D eigenvalue weighted by Crippen LogP contribution is -2.26. The Hall–Kier alpha value is -0.110. The molecule has 1 nitrogen and oxygen atoms in total. The maximum atomic E-state index is 12.5. The molecule has 0 aromatic rings. The Balaban J connectivity index is 2.23. The third-order valence-corrected chi connectivity index (χ3v) is 1.73. The molecule has 1 aliphatic rings. The highest BCUT2D eigenvalue weighted by Crippen LogP contribution is 2.16. The van der Waals surface area contributed by atoms with Crippen molar-refractivity contribution in [3.8, 4) is 0 Å². The second-order valence-electron chi connectivity index (χ2n) is 2.58. The monoisotopic (exact) mass is 132 g/mol. The van der Waals surface area contributed by atoms with Crippen LogP contribution in [0, 0.1) is 0 Å². The van der Waals surface area contributed by atoms with Gasteiger partial charge in [0.25, 0.3) is 0 Å². The highest BCUT2D eigenvalue weighted by Gasteiger charge is 2.19. The van der Waals surface area contributed by atoms with Crippen molar-refractivity contribution in [3.63, 3.8) is 0 Å². The van der Waals surface area contributed by atoms with E-state index in [0.29, 0.717) is 0 Å². The molecule has 1 heterocycles. The van der Waals surface area contributed by atoms with Gasteiger partial charge in [-0.05, 0) is 26.2 Å². The molecule has 1 aliphatic heterocycles. The molecule has 0 aromatic carbocycles. The van der Waals surface area contributed by atoms with Crippen LogP contribution >= 0.6 is 0 Å². The lowest BCUT2D eigenvalue weighted by molar-refractivity contribution is -0.0265. The molecule has 0 bridgehead atoms. The zero-order valence-electron chi connectivity index (χ0n) is 5.77. The number of rotatable bonds is 1. The number of hydrogen-bond acceptors (Lipinski definition) is 1. The van der Waals surface area contributed by atoms with Gasteiger partial charge in [0.1, 0.15) is 6.17 Å². The average Bonchev–Trinajstić information content (AvgIpc) is 1.90. The second kappa shape index (κ2) is 3.16. The molecule has 1 fully saturated rings. The predicted octanol–water partition coefficient (Wildman–Crippen LogP) is 1.91. The van der Waals surface area contributed by atoms with Crippen molar-refractivity contribution in [2.24, 2.45) is 0 Å². The van der Waals surface area contributed by atoms with Gasteiger partial charge in [-0.1, -0.05) is 0 Å². The molecule has 1 saturated heterocycles. The average molecular weight is 132 g/mol. The zero-order chi connectivity index (χ0) is 6.69. The van der Waals surface area contributed by atoms with Crippen molar-refractivity contribution in [3.05, 3.63) is 0 Å². The van der Waals surface area contributed by atoms with E-state index in [1.165, 1.54) is 0 Å². The van der Waals surface area contributed by atoms with Gasteiger partial charge >= 0.3 is 0 Å². The summed E-state index contributed by atoms with van der Waals surface area (Å²) in [4.78, 5) is 0. The molecular formula is C7H13FO. The van der Waals surface area contributed by atoms with Crippen LogP contribution in [0.25, 0.3) is 0 Å². The summed E-state index contributed by atoms with van der Waals surface area (Å²) in [6, 6.07) is 0. The molecule has 0 radical (unpaired) electrons. The van der Waals surface area contributed by atoms with E-state index in [2.05, 4.69) is 0 Å². The first-order valence-electron chi connectivity index (χ1n) is 3.56. The first-order chi connectivity index (χ1) is 4.30. The largest absolute Gasteiger partial charge is 0.375 e. The van der Waals surface area contributed by atoms with Gasteiger partial charge in [0.05, 0.1) is 6.10 Å². The minimum Gasteiger partial charge on any atom is -0.375 e. The molecule has 9 heavy (non-hydrogen) atoms. The van der Waals surface area contributed by atoms with Gasteiger partial charge in [0.15, 0.2) is 0 Å². The summed E-state index contributed by atoms with van der Waals surface area (Å²) in [5.74, 6) is 0. The Labute approximate surface area is 55.2 Å². The maximum absolute atomic E-state index is 12.5. The normalized spacial score (nSPS) is 32.0. The molecular weight excluding hydrogens is 119 g/mol. The van der Waals surface area contributed by atoms with Gasteiger partial charge in [-0.3, -0.25) is 0 Å². The van der Waals surface area contributed by atoms with E-state index in [9.17, 15) is 4.39 Å². The Morgan fingerprint density at radius 2 is 2.33 bits per heavy atom. The van der Waals surface area contributed by atoms with Crippen LogP contribution in [0.3, 0.4) is 0 Å². The van der Waals surface area contributed by atoms with E-state index < -0.39 is 6.17 Å². The summed E-state index contributed by atoms with van der Waals surface area (Å²) in [6.07, 6.45) is 2.23. The minimum absolute atomic E-state index is 0.112. The van der Waals surface area contributed by atoms with Gasteiger partial charge in [-0.25, -0.2) is 4.39 Å². The van der Waals surface area contributed by atoms with Gasteiger partial charge in [0.2, 0.25) is 0 Å². The van der Waals surface area contributed by atoms with Crippen molar-refractivity contribution < 1.29 is 9.13 Å². The number of alkyl halides is 1. The Morgan fingerprint density at radius 3 is 2.67 bits per heavy atom. The fourth-order valence-corrected chi connectivity index (χ4v) is 1.13. The Bertz CT molecular complexity index is 77.0. The Kier molecular flexibility index (Phi) is 2.46. The lowest BCUT2D eigenvalue weighted by Gasteiger charge is -2.23. The highest BCUT2D eigenvalue weighted by molar-refractivity contribution is 4.68. The van der Waals surface area contributed by atoms with Gasteiger partial charge in [-0.2, -0.15) is 0 Å². The van der Waals surface area contributed by atoms with Crippen LogP contribution in [0.15, 0.2) is 0 Å². The van der Waals surface area contributed by atoms with Crippen molar-refractivity contribution in [1.82, 2.24) is 0 Å². The van der Waals surface area contributed by atoms with E-state index in [-0.39, 0.29) is 6.10 Å². The zero-order valence-corrected chi connectivity index (χ0v) is 5.77. The fourth-order valence-electron chi connectivity index (χ4n) is 1.13. The van der Waals surface area contributed by atoms with Crippen molar-refractivity contribution in [2.75, 3.05) is 6.61 Å². The first-order valence-corrected chi connectivity index (χ1v) is 3.56. The van der Waals surface area contributed by atoms with Gasteiger partial charge < -0.3 is 4.74 Å². The van der Waals surface area contributed by atoms with E-state index in [1.807, 2.05) is 0 Å². The minimum atomic E-state index is -0.787. The molecule has 0 N–H and O–H groups in total. The highest BCUT2D eigenvalue weighted by atomic mass is 19.1. The van der Waals surface area contributed by atoms with Crippen LogP contribution in [0.4, 0.5) is 4.39 Å². The van der Waals surface area contributed by atoms with Crippen LogP contribution in [-0.4, -0.2) is 18.9 Å². The topological polar surface area (TPSA) is 9.23 Å². The summed E-state index contributed by atoms with van der Waals surface area (Å²) in [5.41, 5.74) is 0. The summed E-state index contributed by atoms with van der Waals surface area (Å²) in [7, 11) is 0. The predicted molar refractivity (Wildman–Crippen MR) is 34.2 cm³/mol. The molecule has 2 atom stereocenters. The number of ether oxygens (including phenoxy) is 1. The Morgan fingerprint density at radius 1 is 1.56 bits per heavy atom. The van der Waals surface area contributed by atoms with Crippen LogP contribution in [0.2, 0.25) is 0 Å². The summed E-state index contributed by atoms with van der Waals surface area (Å²) in [5, 5.41) is 0. The number of hydrogen-bond donors (Lipinski definition) is 0. The fraction of sp³-hybridized carbons (Fsp3) is 1.00. The quantitative estimate of drug-likeness (QED) is 0.529. The standard InChI is InChI=1S/C7H13FO/c1-6(8)7-4-2-3-5-9-7/h6-7H,2-5H2,1H3. The molecule has 0 aliphatic carbocycles. The van der Waals surface area contributed by atoms with E-state index in [0.717, 1.165) is 25.9 Å². The van der Waals surface area contributed by atoms with Crippen LogP contribution in [-0.2, 0) is 4.74 Å². The van der Waals surface area contributed by atoms with Crippen LogP contribution < -0.4 is 0 Å². The van der Waals surface area contributed by atoms with E-state index in [1.54, 1.807) is 6.92 Å². The SMILES string of the molecule is CC(F)C1CCCCO1. The van der Waals surface area contributed by atoms with Gasteiger partial charge in [0, 0.05) is 6.61 Å². The molecule has 1 rings (SSSR count). The molecule has 2 unspecified atom stereocenters. The molecule has 0 saturated carbocycles. The number of halogens is 1.